The molecule has 5 heteroatoms. The summed E-state index contributed by atoms with van der Waals surface area (Å²) < 4.78 is 0. The maximum atomic E-state index is 11.9. The summed E-state index contributed by atoms with van der Waals surface area (Å²) >= 11 is 0. The van der Waals surface area contributed by atoms with E-state index in [9.17, 15) is 9.59 Å². The van der Waals surface area contributed by atoms with E-state index in [2.05, 4.69) is 28.1 Å². The van der Waals surface area contributed by atoms with Gasteiger partial charge in [-0.1, -0.05) is 48.0 Å². The third-order valence-corrected chi connectivity index (χ3v) is 4.60. The van der Waals surface area contributed by atoms with Crippen LogP contribution in [0.3, 0.4) is 0 Å². The van der Waals surface area contributed by atoms with E-state index in [1.807, 2.05) is 37.3 Å². The van der Waals surface area contributed by atoms with Gasteiger partial charge in [0.2, 0.25) is 11.8 Å². The van der Waals surface area contributed by atoms with Gasteiger partial charge in [-0.15, -0.1) is 0 Å². The zero-order valence-corrected chi connectivity index (χ0v) is 15.1. The molecule has 0 spiro atoms. The largest absolute Gasteiger partial charge is 0.350 e. The van der Waals surface area contributed by atoms with Crippen molar-refractivity contribution in [1.29, 1.82) is 0 Å². The Balaban J connectivity index is 1.35. The van der Waals surface area contributed by atoms with E-state index >= 15 is 0 Å². The first-order chi connectivity index (χ1) is 12.6. The molecule has 0 radical (unpaired) electrons. The van der Waals surface area contributed by atoms with E-state index in [1.54, 1.807) is 0 Å². The number of aryl methyl sites for hydroxylation is 2. The smallest absolute Gasteiger partial charge is 0.239 e. The van der Waals surface area contributed by atoms with Gasteiger partial charge in [-0.25, -0.2) is 0 Å². The van der Waals surface area contributed by atoms with Crippen LogP contribution in [0.25, 0.3) is 0 Å². The predicted molar refractivity (Wildman–Crippen MR) is 101 cm³/mol. The van der Waals surface area contributed by atoms with Crippen LogP contribution in [0, 0.1) is 6.92 Å². The second-order valence-corrected chi connectivity index (χ2v) is 6.75. The molecule has 1 aliphatic rings. The lowest BCUT2D eigenvalue weighted by molar-refractivity contribution is -0.126. The van der Waals surface area contributed by atoms with Gasteiger partial charge in [0.05, 0.1) is 6.54 Å². The van der Waals surface area contributed by atoms with Crippen molar-refractivity contribution in [2.45, 2.75) is 39.4 Å². The molecule has 0 fully saturated rings. The van der Waals surface area contributed by atoms with Gasteiger partial charge in [-0.05, 0) is 35.6 Å². The first-order valence-electron chi connectivity index (χ1n) is 9.00. The van der Waals surface area contributed by atoms with Gasteiger partial charge in [0, 0.05) is 26.1 Å². The van der Waals surface area contributed by atoms with Crippen molar-refractivity contribution in [2.24, 2.45) is 0 Å². The van der Waals surface area contributed by atoms with E-state index in [0.29, 0.717) is 19.4 Å². The maximum Gasteiger partial charge on any atom is 0.239 e. The van der Waals surface area contributed by atoms with Crippen molar-refractivity contribution < 1.29 is 9.59 Å². The zero-order chi connectivity index (χ0) is 18.4. The van der Waals surface area contributed by atoms with Gasteiger partial charge in [-0.3, -0.25) is 9.59 Å². The standard InChI is InChI=1S/C21H25N3O2/c1-15-2-4-16(5-3-15)7-9-20(25)24-14-21(26)23-11-17-6-8-18-12-22-13-19(18)10-17/h2-6,8,10,22H,7,9,11-14H2,1H3,(H,23,26)(H,24,25). The Labute approximate surface area is 154 Å². The number of nitrogens with one attached hydrogen (secondary N) is 3. The third-order valence-electron chi connectivity index (χ3n) is 4.60. The van der Waals surface area contributed by atoms with Gasteiger partial charge in [0.15, 0.2) is 0 Å². The van der Waals surface area contributed by atoms with E-state index < -0.39 is 0 Å². The van der Waals surface area contributed by atoms with Crippen molar-refractivity contribution >= 4 is 11.8 Å². The SMILES string of the molecule is Cc1ccc(CCC(=O)NCC(=O)NCc2ccc3c(c2)CNC3)cc1. The summed E-state index contributed by atoms with van der Waals surface area (Å²) in [6, 6.07) is 14.4. The van der Waals surface area contributed by atoms with Crippen molar-refractivity contribution in [2.75, 3.05) is 6.54 Å². The van der Waals surface area contributed by atoms with Crippen LogP contribution < -0.4 is 16.0 Å². The fraction of sp³-hybridized carbons (Fsp3) is 0.333. The Morgan fingerprint density at radius 1 is 0.923 bits per heavy atom. The summed E-state index contributed by atoms with van der Waals surface area (Å²) in [4.78, 5) is 23.8. The topological polar surface area (TPSA) is 70.2 Å². The number of amides is 2. The number of hydrogen-bond acceptors (Lipinski definition) is 3. The Kier molecular flexibility index (Phi) is 6.02. The van der Waals surface area contributed by atoms with Crippen LogP contribution in [-0.2, 0) is 35.6 Å². The van der Waals surface area contributed by atoms with Crippen LogP contribution in [0.15, 0.2) is 42.5 Å². The summed E-state index contributed by atoms with van der Waals surface area (Å²) in [5.41, 5.74) is 6.02. The summed E-state index contributed by atoms with van der Waals surface area (Å²) in [5, 5.41) is 8.84. The molecule has 2 amide bonds. The Hall–Kier alpha value is -2.66. The van der Waals surface area contributed by atoms with Gasteiger partial charge in [0.1, 0.15) is 0 Å². The van der Waals surface area contributed by atoms with Crippen LogP contribution in [0.1, 0.15) is 34.2 Å². The summed E-state index contributed by atoms with van der Waals surface area (Å²) in [6.07, 6.45) is 1.06. The fourth-order valence-electron chi connectivity index (χ4n) is 3.00. The van der Waals surface area contributed by atoms with Crippen molar-refractivity contribution in [1.82, 2.24) is 16.0 Å². The maximum absolute atomic E-state index is 11.9. The molecule has 0 bridgehead atoms. The molecule has 136 valence electrons. The summed E-state index contributed by atoms with van der Waals surface area (Å²) in [6.45, 7) is 4.32. The Bertz CT molecular complexity index is 784. The van der Waals surface area contributed by atoms with Crippen LogP contribution in [-0.4, -0.2) is 18.4 Å². The summed E-state index contributed by atoms with van der Waals surface area (Å²) in [5.74, 6) is -0.281. The molecule has 1 heterocycles. The van der Waals surface area contributed by atoms with Crippen LogP contribution >= 0.6 is 0 Å². The van der Waals surface area contributed by atoms with Crippen molar-refractivity contribution in [3.05, 3.63) is 70.3 Å². The van der Waals surface area contributed by atoms with E-state index in [1.165, 1.54) is 16.7 Å². The minimum atomic E-state index is -0.174. The molecule has 1 aliphatic heterocycles. The van der Waals surface area contributed by atoms with Gasteiger partial charge >= 0.3 is 0 Å². The Morgan fingerprint density at radius 3 is 2.46 bits per heavy atom. The highest BCUT2D eigenvalue weighted by Gasteiger charge is 2.11. The predicted octanol–water partition coefficient (Wildman–Crippen LogP) is 1.96. The molecule has 0 aromatic heterocycles. The van der Waals surface area contributed by atoms with Gasteiger partial charge < -0.3 is 16.0 Å². The van der Waals surface area contributed by atoms with Crippen molar-refractivity contribution in [3.8, 4) is 0 Å². The molecule has 0 saturated heterocycles. The number of rotatable bonds is 7. The number of hydrogen-bond donors (Lipinski definition) is 3. The third kappa shape index (κ3) is 5.17. The van der Waals surface area contributed by atoms with Crippen LogP contribution in [0.5, 0.6) is 0 Å². The second-order valence-electron chi connectivity index (χ2n) is 6.75. The summed E-state index contributed by atoms with van der Waals surface area (Å²) in [7, 11) is 0. The van der Waals surface area contributed by atoms with Crippen LogP contribution in [0.2, 0.25) is 0 Å². The van der Waals surface area contributed by atoms with E-state index in [4.69, 9.17) is 0 Å². The molecule has 2 aromatic carbocycles. The molecule has 5 nitrogen and oxygen atoms in total. The Morgan fingerprint density at radius 2 is 1.65 bits per heavy atom. The normalized spacial score (nSPS) is 12.5. The first kappa shape index (κ1) is 18.1. The highest BCUT2D eigenvalue weighted by molar-refractivity contribution is 5.84. The number of fused-ring (bicyclic) bond motifs is 1. The molecule has 3 rings (SSSR count). The molecule has 0 atom stereocenters. The lowest BCUT2D eigenvalue weighted by Gasteiger charge is -2.08. The monoisotopic (exact) mass is 351 g/mol. The average Bonchev–Trinajstić information content (AvgIpc) is 3.12. The minimum Gasteiger partial charge on any atom is -0.350 e. The van der Waals surface area contributed by atoms with E-state index in [-0.39, 0.29) is 18.4 Å². The molecule has 26 heavy (non-hydrogen) atoms. The molecule has 3 N–H and O–H groups in total. The molecular weight excluding hydrogens is 326 g/mol. The quantitative estimate of drug-likeness (QED) is 0.714. The molecule has 0 aliphatic carbocycles. The number of carbonyl (C=O) groups excluding carboxylic acids is 2. The number of carbonyl (C=O) groups is 2. The average molecular weight is 351 g/mol. The number of benzene rings is 2. The van der Waals surface area contributed by atoms with Gasteiger partial charge in [-0.2, -0.15) is 0 Å². The van der Waals surface area contributed by atoms with E-state index in [0.717, 1.165) is 24.2 Å². The molecule has 0 unspecified atom stereocenters. The second kappa shape index (κ2) is 8.63. The minimum absolute atomic E-state index is 0.0131. The van der Waals surface area contributed by atoms with Gasteiger partial charge in [0.25, 0.3) is 0 Å². The lowest BCUT2D eigenvalue weighted by atomic mass is 10.1. The molecular formula is C21H25N3O2. The first-order valence-corrected chi connectivity index (χ1v) is 9.00. The zero-order valence-electron chi connectivity index (χ0n) is 15.1. The van der Waals surface area contributed by atoms with Crippen LogP contribution in [0.4, 0.5) is 0 Å². The highest BCUT2D eigenvalue weighted by Crippen LogP contribution is 2.16. The molecule has 2 aromatic rings. The van der Waals surface area contributed by atoms with Crippen molar-refractivity contribution in [3.63, 3.8) is 0 Å². The lowest BCUT2D eigenvalue weighted by Crippen LogP contribution is -2.36. The highest BCUT2D eigenvalue weighted by atomic mass is 16.2. The fourth-order valence-corrected chi connectivity index (χ4v) is 3.00. The molecule has 0 saturated carbocycles.